The smallest absolute Gasteiger partial charge is 0.338 e. The number of nitrogens with one attached hydrogen (secondary N) is 1. The van der Waals surface area contributed by atoms with Crippen LogP contribution in [0.2, 0.25) is 0 Å². The molecular weight excluding hydrogens is 320 g/mol. The van der Waals surface area contributed by atoms with E-state index in [9.17, 15) is 19.7 Å². The molecule has 1 amide bonds. The normalized spacial score (nSPS) is 15.0. The van der Waals surface area contributed by atoms with Crippen molar-refractivity contribution in [1.82, 2.24) is 5.32 Å². The molecule has 23 heavy (non-hydrogen) atoms. The van der Waals surface area contributed by atoms with Crippen molar-refractivity contribution in [1.29, 1.82) is 0 Å². The number of non-ortho nitro benzene ring substituents is 1. The summed E-state index contributed by atoms with van der Waals surface area (Å²) in [5.41, 5.74) is -0.238. The summed E-state index contributed by atoms with van der Waals surface area (Å²) < 4.78 is 4.57. The number of benzene rings is 1. The molecule has 0 atom stereocenters. The standard InChI is InChI=1S/C15H18N2O5S/c1-22-15(19)12-6-11(7-13(8-12)17(20)21)14(18)16-9-10-2-4-23-5-3-10/h6-8,10H,2-5,9H2,1H3,(H,16,18). The van der Waals surface area contributed by atoms with Crippen LogP contribution in [0.3, 0.4) is 0 Å². The number of esters is 1. The van der Waals surface area contributed by atoms with Gasteiger partial charge in [0.1, 0.15) is 0 Å². The molecule has 0 unspecified atom stereocenters. The summed E-state index contributed by atoms with van der Waals surface area (Å²) in [5, 5.41) is 13.8. The van der Waals surface area contributed by atoms with Gasteiger partial charge in [0.2, 0.25) is 0 Å². The Balaban J connectivity index is 2.12. The van der Waals surface area contributed by atoms with E-state index in [2.05, 4.69) is 10.1 Å². The van der Waals surface area contributed by atoms with Crippen LogP contribution in [0.25, 0.3) is 0 Å². The van der Waals surface area contributed by atoms with Gasteiger partial charge in [-0.15, -0.1) is 0 Å². The highest BCUT2D eigenvalue weighted by Crippen LogP contribution is 2.22. The van der Waals surface area contributed by atoms with Crippen LogP contribution in [0.1, 0.15) is 33.6 Å². The van der Waals surface area contributed by atoms with E-state index < -0.39 is 16.8 Å². The average Bonchev–Trinajstić information content (AvgIpc) is 2.59. The van der Waals surface area contributed by atoms with Crippen LogP contribution in [0, 0.1) is 16.0 Å². The molecule has 1 aromatic rings. The molecule has 1 aliphatic rings. The van der Waals surface area contributed by atoms with Crippen LogP contribution in [-0.4, -0.2) is 42.0 Å². The lowest BCUT2D eigenvalue weighted by Gasteiger charge is -2.21. The molecule has 0 saturated carbocycles. The van der Waals surface area contributed by atoms with E-state index in [1.165, 1.54) is 19.2 Å². The van der Waals surface area contributed by atoms with Crippen molar-refractivity contribution in [3.8, 4) is 0 Å². The lowest BCUT2D eigenvalue weighted by Crippen LogP contribution is -2.31. The lowest BCUT2D eigenvalue weighted by molar-refractivity contribution is -0.384. The third kappa shape index (κ3) is 4.69. The Morgan fingerprint density at radius 3 is 2.57 bits per heavy atom. The van der Waals surface area contributed by atoms with Crippen molar-refractivity contribution in [2.75, 3.05) is 25.2 Å². The maximum Gasteiger partial charge on any atom is 0.338 e. The van der Waals surface area contributed by atoms with Crippen molar-refractivity contribution in [3.05, 3.63) is 39.4 Å². The number of hydrogen-bond donors (Lipinski definition) is 1. The van der Waals surface area contributed by atoms with Crippen molar-refractivity contribution in [2.45, 2.75) is 12.8 Å². The first-order valence-electron chi connectivity index (χ1n) is 7.25. The summed E-state index contributed by atoms with van der Waals surface area (Å²) in [5.74, 6) is 1.47. The van der Waals surface area contributed by atoms with Gasteiger partial charge in [0, 0.05) is 24.2 Å². The van der Waals surface area contributed by atoms with Gasteiger partial charge in [-0.25, -0.2) is 4.79 Å². The van der Waals surface area contributed by atoms with Gasteiger partial charge in [-0.2, -0.15) is 11.8 Å². The second-order valence-corrected chi connectivity index (χ2v) is 6.51. The van der Waals surface area contributed by atoms with Crippen LogP contribution < -0.4 is 5.32 Å². The van der Waals surface area contributed by atoms with Gasteiger partial charge in [0.15, 0.2) is 0 Å². The fourth-order valence-electron chi connectivity index (χ4n) is 2.37. The van der Waals surface area contributed by atoms with E-state index in [0.717, 1.165) is 30.4 Å². The summed E-state index contributed by atoms with van der Waals surface area (Å²) in [6.07, 6.45) is 2.10. The molecule has 7 nitrogen and oxygen atoms in total. The third-order valence-corrected chi connectivity index (χ3v) is 4.75. The zero-order chi connectivity index (χ0) is 16.8. The number of carbonyl (C=O) groups excluding carboxylic acids is 2. The third-order valence-electron chi connectivity index (χ3n) is 3.70. The Morgan fingerprint density at radius 2 is 1.96 bits per heavy atom. The lowest BCUT2D eigenvalue weighted by atomic mass is 10.0. The minimum absolute atomic E-state index is 0.0130. The quantitative estimate of drug-likeness (QED) is 0.502. The Bertz CT molecular complexity index is 614. The molecule has 1 saturated heterocycles. The molecule has 1 fully saturated rings. The Morgan fingerprint density at radius 1 is 1.30 bits per heavy atom. The van der Waals surface area contributed by atoms with Crippen LogP contribution in [0.5, 0.6) is 0 Å². The van der Waals surface area contributed by atoms with E-state index in [-0.39, 0.29) is 16.8 Å². The number of nitrogens with zero attached hydrogens (tertiary/aromatic N) is 1. The molecule has 0 aromatic heterocycles. The maximum atomic E-state index is 12.2. The molecule has 8 heteroatoms. The summed E-state index contributed by atoms with van der Waals surface area (Å²) in [6.45, 7) is 0.537. The summed E-state index contributed by atoms with van der Waals surface area (Å²) in [4.78, 5) is 34.1. The molecule has 0 spiro atoms. The van der Waals surface area contributed by atoms with Crippen molar-refractivity contribution in [2.24, 2.45) is 5.92 Å². The second-order valence-electron chi connectivity index (χ2n) is 5.28. The van der Waals surface area contributed by atoms with E-state index in [1.807, 2.05) is 11.8 Å². The number of nitro benzene ring substituents is 1. The molecular formula is C15H18N2O5S. The highest BCUT2D eigenvalue weighted by atomic mass is 32.2. The summed E-state index contributed by atoms with van der Waals surface area (Å²) >= 11 is 1.90. The van der Waals surface area contributed by atoms with Crippen molar-refractivity contribution >= 4 is 29.3 Å². The SMILES string of the molecule is COC(=O)c1cc(C(=O)NCC2CCSCC2)cc([N+](=O)[O-])c1. The zero-order valence-corrected chi connectivity index (χ0v) is 13.6. The number of nitro groups is 1. The molecule has 1 aromatic carbocycles. The van der Waals surface area contributed by atoms with Gasteiger partial charge in [-0.3, -0.25) is 14.9 Å². The first-order valence-corrected chi connectivity index (χ1v) is 8.40. The Hall–Kier alpha value is -2.09. The van der Waals surface area contributed by atoms with E-state index in [4.69, 9.17) is 0 Å². The Kier molecular flexibility index (Phi) is 5.97. The number of thioether (sulfide) groups is 1. The molecule has 124 valence electrons. The van der Waals surface area contributed by atoms with E-state index in [1.54, 1.807) is 0 Å². The van der Waals surface area contributed by atoms with Crippen LogP contribution in [0.15, 0.2) is 18.2 Å². The highest BCUT2D eigenvalue weighted by Gasteiger charge is 2.20. The van der Waals surface area contributed by atoms with Gasteiger partial charge in [-0.05, 0) is 36.3 Å². The molecule has 1 N–H and O–H groups in total. The number of rotatable bonds is 5. The van der Waals surface area contributed by atoms with E-state index >= 15 is 0 Å². The Labute approximate surface area is 137 Å². The minimum Gasteiger partial charge on any atom is -0.465 e. The molecule has 2 rings (SSSR count). The summed E-state index contributed by atoms with van der Waals surface area (Å²) in [7, 11) is 1.18. The number of hydrogen-bond acceptors (Lipinski definition) is 6. The van der Waals surface area contributed by atoms with E-state index in [0.29, 0.717) is 12.5 Å². The number of carbonyl (C=O) groups is 2. The first kappa shape index (κ1) is 17.3. The average molecular weight is 338 g/mol. The summed E-state index contributed by atoms with van der Waals surface area (Å²) in [6, 6.07) is 3.57. The van der Waals surface area contributed by atoms with Crippen LogP contribution >= 0.6 is 11.8 Å². The van der Waals surface area contributed by atoms with Gasteiger partial charge in [0.25, 0.3) is 11.6 Å². The number of amides is 1. The maximum absolute atomic E-state index is 12.2. The molecule has 1 heterocycles. The number of ether oxygens (including phenoxy) is 1. The second kappa shape index (κ2) is 7.96. The first-order chi connectivity index (χ1) is 11.0. The van der Waals surface area contributed by atoms with Gasteiger partial charge >= 0.3 is 5.97 Å². The van der Waals surface area contributed by atoms with Crippen LogP contribution in [0.4, 0.5) is 5.69 Å². The molecule has 0 bridgehead atoms. The van der Waals surface area contributed by atoms with Crippen LogP contribution in [-0.2, 0) is 4.74 Å². The largest absolute Gasteiger partial charge is 0.465 e. The fourth-order valence-corrected chi connectivity index (χ4v) is 3.58. The topological polar surface area (TPSA) is 98.5 Å². The molecule has 0 radical (unpaired) electrons. The monoisotopic (exact) mass is 338 g/mol. The zero-order valence-electron chi connectivity index (χ0n) is 12.7. The van der Waals surface area contributed by atoms with Gasteiger partial charge in [0.05, 0.1) is 17.6 Å². The minimum atomic E-state index is -0.716. The molecule has 0 aliphatic carbocycles. The number of methoxy groups -OCH3 is 1. The predicted octanol–water partition coefficient (Wildman–Crippen LogP) is 2.25. The van der Waals surface area contributed by atoms with Gasteiger partial charge < -0.3 is 10.1 Å². The predicted molar refractivity (Wildman–Crippen MR) is 86.8 cm³/mol. The highest BCUT2D eigenvalue weighted by molar-refractivity contribution is 7.99. The fraction of sp³-hybridized carbons (Fsp3) is 0.467. The van der Waals surface area contributed by atoms with Gasteiger partial charge in [-0.1, -0.05) is 0 Å². The van der Waals surface area contributed by atoms with Crippen molar-refractivity contribution in [3.63, 3.8) is 0 Å². The van der Waals surface area contributed by atoms with Crippen molar-refractivity contribution < 1.29 is 19.2 Å². The molecule has 1 aliphatic heterocycles.